The Morgan fingerprint density at radius 3 is 2.85 bits per heavy atom. The standard InChI is InChI=1S/C19H27N3O2S2/c1-5-24-16-10-19(20,18(16,3)4)17(23)21-9-8-13-6-7-15(26-13)14-11-25-12(2)22-14/h6-7,11,16H,5,8-10,20H2,1-4H3,(H,21,23). The third kappa shape index (κ3) is 3.45. The van der Waals surface area contributed by atoms with Crippen molar-refractivity contribution < 1.29 is 9.53 Å². The number of ether oxygens (including phenoxy) is 1. The number of nitrogens with zero attached hydrogens (tertiary/aromatic N) is 1. The fourth-order valence-corrected chi connectivity index (χ4v) is 5.06. The number of thiazole rings is 1. The average molecular weight is 394 g/mol. The van der Waals surface area contributed by atoms with Crippen LogP contribution in [0.15, 0.2) is 17.5 Å². The van der Waals surface area contributed by atoms with Crippen molar-refractivity contribution in [2.45, 2.75) is 52.2 Å². The predicted octanol–water partition coefficient (Wildman–Crippen LogP) is 3.37. The maximum Gasteiger partial charge on any atom is 0.240 e. The van der Waals surface area contributed by atoms with E-state index in [0.717, 1.165) is 17.1 Å². The van der Waals surface area contributed by atoms with Gasteiger partial charge in [0.05, 0.1) is 21.7 Å². The number of carbonyl (C=O) groups excluding carboxylic acids is 1. The number of hydrogen-bond donors (Lipinski definition) is 2. The molecule has 142 valence electrons. The van der Waals surface area contributed by atoms with Gasteiger partial charge < -0.3 is 15.8 Å². The molecule has 26 heavy (non-hydrogen) atoms. The summed E-state index contributed by atoms with van der Waals surface area (Å²) in [6, 6.07) is 4.21. The highest BCUT2D eigenvalue weighted by molar-refractivity contribution is 7.16. The zero-order valence-corrected chi connectivity index (χ0v) is 17.4. The Bertz CT molecular complexity index is 783. The highest BCUT2D eigenvalue weighted by Gasteiger charge is 2.62. The molecule has 7 heteroatoms. The molecule has 3 N–H and O–H groups in total. The molecule has 0 bridgehead atoms. The monoisotopic (exact) mass is 393 g/mol. The molecular weight excluding hydrogens is 366 g/mol. The van der Waals surface area contributed by atoms with E-state index in [9.17, 15) is 4.79 Å². The fourth-order valence-electron chi connectivity index (χ4n) is 3.40. The van der Waals surface area contributed by atoms with Crippen LogP contribution in [0.5, 0.6) is 0 Å². The van der Waals surface area contributed by atoms with E-state index in [2.05, 4.69) is 27.8 Å². The summed E-state index contributed by atoms with van der Waals surface area (Å²) in [6.45, 7) is 9.23. The molecule has 1 amide bonds. The lowest BCUT2D eigenvalue weighted by molar-refractivity contribution is -0.170. The summed E-state index contributed by atoms with van der Waals surface area (Å²) < 4.78 is 5.70. The quantitative estimate of drug-likeness (QED) is 0.756. The number of rotatable bonds is 7. The number of amides is 1. The Morgan fingerprint density at radius 2 is 2.23 bits per heavy atom. The van der Waals surface area contributed by atoms with Crippen molar-refractivity contribution in [3.63, 3.8) is 0 Å². The van der Waals surface area contributed by atoms with E-state index < -0.39 is 5.54 Å². The molecule has 5 nitrogen and oxygen atoms in total. The molecule has 2 atom stereocenters. The normalized spacial score (nSPS) is 24.3. The van der Waals surface area contributed by atoms with Gasteiger partial charge in [-0.1, -0.05) is 13.8 Å². The molecule has 1 aliphatic carbocycles. The number of carbonyl (C=O) groups is 1. The number of hydrogen-bond acceptors (Lipinski definition) is 6. The van der Waals surface area contributed by atoms with Crippen LogP contribution >= 0.6 is 22.7 Å². The van der Waals surface area contributed by atoms with Crippen LogP contribution in [-0.2, 0) is 16.0 Å². The first-order valence-corrected chi connectivity index (χ1v) is 10.7. The summed E-state index contributed by atoms with van der Waals surface area (Å²) in [4.78, 5) is 19.6. The van der Waals surface area contributed by atoms with Crippen LogP contribution in [0, 0.1) is 12.3 Å². The zero-order chi connectivity index (χ0) is 18.9. The van der Waals surface area contributed by atoms with Gasteiger partial charge in [-0.15, -0.1) is 22.7 Å². The van der Waals surface area contributed by atoms with Crippen LogP contribution < -0.4 is 11.1 Å². The average Bonchev–Trinajstić information content (AvgIpc) is 3.23. The highest BCUT2D eigenvalue weighted by atomic mass is 32.1. The number of aromatic nitrogens is 1. The molecular formula is C19H27N3O2S2. The van der Waals surface area contributed by atoms with Gasteiger partial charge in [0.15, 0.2) is 0 Å². The van der Waals surface area contributed by atoms with Gasteiger partial charge in [0.25, 0.3) is 0 Å². The maximum absolute atomic E-state index is 12.6. The number of nitrogens with two attached hydrogens (primary N) is 1. The van der Waals surface area contributed by atoms with E-state index in [-0.39, 0.29) is 17.4 Å². The van der Waals surface area contributed by atoms with Crippen LogP contribution in [0.2, 0.25) is 0 Å². The summed E-state index contributed by atoms with van der Waals surface area (Å²) in [7, 11) is 0. The van der Waals surface area contributed by atoms with Crippen molar-refractivity contribution in [2.75, 3.05) is 13.2 Å². The fraction of sp³-hybridized carbons (Fsp3) is 0.579. The Morgan fingerprint density at radius 1 is 1.46 bits per heavy atom. The molecule has 0 aliphatic heterocycles. The molecule has 2 aromatic rings. The molecule has 3 rings (SSSR count). The minimum absolute atomic E-state index is 0.0460. The minimum Gasteiger partial charge on any atom is -0.378 e. The van der Waals surface area contributed by atoms with E-state index in [1.165, 1.54) is 9.75 Å². The first-order valence-electron chi connectivity index (χ1n) is 8.98. The van der Waals surface area contributed by atoms with Crippen molar-refractivity contribution in [2.24, 2.45) is 11.1 Å². The number of nitrogens with one attached hydrogen (secondary N) is 1. The molecule has 2 unspecified atom stereocenters. The summed E-state index contributed by atoms with van der Waals surface area (Å²) in [5, 5.41) is 6.17. The van der Waals surface area contributed by atoms with Crippen LogP contribution in [0.3, 0.4) is 0 Å². The first kappa shape index (κ1) is 19.5. The Balaban J connectivity index is 1.52. The van der Waals surface area contributed by atoms with Gasteiger partial charge in [-0.3, -0.25) is 4.79 Å². The number of thiophene rings is 1. The van der Waals surface area contributed by atoms with Gasteiger partial charge in [0.1, 0.15) is 5.54 Å². The van der Waals surface area contributed by atoms with Gasteiger partial charge >= 0.3 is 0 Å². The van der Waals surface area contributed by atoms with E-state index in [4.69, 9.17) is 10.5 Å². The van der Waals surface area contributed by atoms with Crippen molar-refractivity contribution in [3.8, 4) is 10.6 Å². The van der Waals surface area contributed by atoms with Crippen LogP contribution in [-0.4, -0.2) is 35.7 Å². The predicted molar refractivity (Wildman–Crippen MR) is 108 cm³/mol. The molecule has 1 fully saturated rings. The molecule has 2 heterocycles. The molecule has 2 aromatic heterocycles. The highest BCUT2D eigenvalue weighted by Crippen LogP contribution is 2.49. The third-order valence-corrected chi connectivity index (χ3v) is 7.37. The molecule has 1 aliphatic rings. The Hall–Kier alpha value is -1.28. The van der Waals surface area contributed by atoms with Crippen LogP contribution in [0.4, 0.5) is 0 Å². The molecule has 0 spiro atoms. The summed E-state index contributed by atoms with van der Waals surface area (Å²) in [5.41, 5.74) is 6.23. The first-order chi connectivity index (χ1) is 12.3. The summed E-state index contributed by atoms with van der Waals surface area (Å²) in [6.07, 6.45) is 1.42. The molecule has 0 saturated heterocycles. The lowest BCUT2D eigenvalue weighted by Gasteiger charge is -2.57. The van der Waals surface area contributed by atoms with Gasteiger partial charge in [-0.2, -0.15) is 0 Å². The second-order valence-corrected chi connectivity index (χ2v) is 9.60. The van der Waals surface area contributed by atoms with Crippen molar-refractivity contribution >= 4 is 28.6 Å². The van der Waals surface area contributed by atoms with E-state index in [1.54, 1.807) is 22.7 Å². The zero-order valence-electron chi connectivity index (χ0n) is 15.8. The summed E-state index contributed by atoms with van der Waals surface area (Å²) in [5.74, 6) is -0.0784. The minimum atomic E-state index is -0.856. The lowest BCUT2D eigenvalue weighted by atomic mass is 9.54. The van der Waals surface area contributed by atoms with Gasteiger partial charge in [-0.25, -0.2) is 4.98 Å². The topological polar surface area (TPSA) is 77.2 Å². The van der Waals surface area contributed by atoms with E-state index >= 15 is 0 Å². The van der Waals surface area contributed by atoms with Gasteiger partial charge in [0.2, 0.25) is 5.91 Å². The Labute approximate surface area is 163 Å². The van der Waals surface area contributed by atoms with Gasteiger partial charge in [-0.05, 0) is 32.4 Å². The van der Waals surface area contributed by atoms with E-state index in [1.807, 2.05) is 27.7 Å². The lowest BCUT2D eigenvalue weighted by Crippen LogP contribution is -2.75. The molecule has 0 aromatic carbocycles. The maximum atomic E-state index is 12.6. The summed E-state index contributed by atoms with van der Waals surface area (Å²) >= 11 is 3.39. The van der Waals surface area contributed by atoms with Crippen molar-refractivity contribution in [1.29, 1.82) is 0 Å². The third-order valence-electron chi connectivity index (χ3n) is 5.43. The largest absolute Gasteiger partial charge is 0.378 e. The SMILES string of the molecule is CCOC1CC(N)(C(=O)NCCc2ccc(-c3csc(C)n3)s2)C1(C)C. The Kier molecular flexibility index (Phi) is 5.53. The van der Waals surface area contributed by atoms with E-state index in [0.29, 0.717) is 19.6 Å². The smallest absolute Gasteiger partial charge is 0.240 e. The van der Waals surface area contributed by atoms with Crippen LogP contribution in [0.1, 0.15) is 37.1 Å². The van der Waals surface area contributed by atoms with Crippen LogP contribution in [0.25, 0.3) is 10.6 Å². The van der Waals surface area contributed by atoms with Crippen molar-refractivity contribution in [3.05, 3.63) is 27.4 Å². The number of aryl methyl sites for hydroxylation is 1. The molecule has 0 radical (unpaired) electrons. The van der Waals surface area contributed by atoms with Gasteiger partial charge in [0, 0.05) is 35.2 Å². The van der Waals surface area contributed by atoms with Crippen molar-refractivity contribution in [1.82, 2.24) is 10.3 Å². The second kappa shape index (κ2) is 7.38. The second-order valence-electron chi connectivity index (χ2n) is 7.36. The molecule has 1 saturated carbocycles.